The lowest BCUT2D eigenvalue weighted by Gasteiger charge is -2.14. The van der Waals surface area contributed by atoms with Crippen LogP contribution in [0.15, 0.2) is 34.7 Å². The normalized spacial score (nSPS) is 15.9. The van der Waals surface area contributed by atoms with Crippen molar-refractivity contribution in [2.24, 2.45) is 0 Å². The highest BCUT2D eigenvalue weighted by atomic mass is 35.5. The van der Waals surface area contributed by atoms with Crippen LogP contribution < -0.4 is 5.32 Å². The van der Waals surface area contributed by atoms with E-state index >= 15 is 0 Å². The molecule has 1 aliphatic rings. The van der Waals surface area contributed by atoms with Crippen molar-refractivity contribution in [3.05, 3.63) is 46.9 Å². The molecular formula is C18H22Cl2FNO. The van der Waals surface area contributed by atoms with Gasteiger partial charge in [-0.3, -0.25) is 0 Å². The van der Waals surface area contributed by atoms with Crippen LogP contribution in [0, 0.1) is 5.82 Å². The highest BCUT2D eigenvalue weighted by Gasteiger charge is 2.13. The molecule has 0 spiro atoms. The number of hydrogen-bond acceptors (Lipinski definition) is 2. The third kappa shape index (κ3) is 4.97. The van der Waals surface area contributed by atoms with Gasteiger partial charge in [0.2, 0.25) is 0 Å². The molecule has 0 radical (unpaired) electrons. The maximum Gasteiger partial charge on any atom is 0.141 e. The molecule has 0 saturated heterocycles. The largest absolute Gasteiger partial charge is 0.460 e. The van der Waals surface area contributed by atoms with Gasteiger partial charge in [0, 0.05) is 11.6 Å². The van der Waals surface area contributed by atoms with Gasteiger partial charge in [-0.15, -0.1) is 12.4 Å². The molecular weight excluding hydrogens is 336 g/mol. The zero-order valence-corrected chi connectivity index (χ0v) is 14.6. The molecule has 0 amide bonds. The average molecular weight is 358 g/mol. The van der Waals surface area contributed by atoms with Crippen LogP contribution >= 0.6 is 24.0 Å². The standard InChI is InChI=1S/C18H21ClFNO.ClH/c19-16-11-13(7-9-17(16)20)18-10-8-15(22-18)12-21-14-5-3-1-2-4-6-14;/h7-11,14,21H,1-6,12H2;1H. The third-order valence-electron chi connectivity index (χ3n) is 4.29. The van der Waals surface area contributed by atoms with Crippen molar-refractivity contribution in [3.8, 4) is 11.3 Å². The second kappa shape index (κ2) is 8.72. The number of rotatable bonds is 4. The van der Waals surface area contributed by atoms with Gasteiger partial charge in [0.25, 0.3) is 0 Å². The Morgan fingerprint density at radius 3 is 2.52 bits per heavy atom. The fourth-order valence-corrected chi connectivity index (χ4v) is 3.19. The molecule has 126 valence electrons. The van der Waals surface area contributed by atoms with E-state index in [9.17, 15) is 4.39 Å². The van der Waals surface area contributed by atoms with Crippen LogP contribution in [0.2, 0.25) is 5.02 Å². The fourth-order valence-electron chi connectivity index (χ4n) is 3.01. The molecule has 0 bridgehead atoms. The maximum absolute atomic E-state index is 13.2. The Morgan fingerprint density at radius 1 is 1.09 bits per heavy atom. The predicted molar refractivity (Wildman–Crippen MR) is 94.7 cm³/mol. The van der Waals surface area contributed by atoms with Crippen molar-refractivity contribution >= 4 is 24.0 Å². The molecule has 1 saturated carbocycles. The van der Waals surface area contributed by atoms with Crippen molar-refractivity contribution in [1.82, 2.24) is 5.32 Å². The van der Waals surface area contributed by atoms with E-state index in [-0.39, 0.29) is 17.4 Å². The van der Waals surface area contributed by atoms with Gasteiger partial charge in [-0.1, -0.05) is 37.3 Å². The average Bonchev–Trinajstić information content (AvgIpc) is 2.83. The van der Waals surface area contributed by atoms with Crippen LogP contribution in [0.4, 0.5) is 4.39 Å². The molecule has 2 nitrogen and oxygen atoms in total. The van der Waals surface area contributed by atoms with Crippen LogP contribution in [0.3, 0.4) is 0 Å². The van der Waals surface area contributed by atoms with Crippen molar-refractivity contribution in [3.63, 3.8) is 0 Å². The van der Waals surface area contributed by atoms with Crippen LogP contribution in [-0.2, 0) is 6.54 Å². The van der Waals surface area contributed by atoms with Gasteiger partial charge in [0.15, 0.2) is 0 Å². The zero-order chi connectivity index (χ0) is 15.4. The number of nitrogens with one attached hydrogen (secondary N) is 1. The summed E-state index contributed by atoms with van der Waals surface area (Å²) >= 11 is 5.82. The Morgan fingerprint density at radius 2 is 1.83 bits per heavy atom. The summed E-state index contributed by atoms with van der Waals surface area (Å²) in [6.45, 7) is 0.736. The number of benzene rings is 1. The first-order chi connectivity index (χ1) is 10.7. The molecule has 0 atom stereocenters. The second-order valence-electron chi connectivity index (χ2n) is 5.96. The molecule has 1 aliphatic carbocycles. The molecule has 0 aliphatic heterocycles. The van der Waals surface area contributed by atoms with E-state index in [4.69, 9.17) is 16.0 Å². The molecule has 1 aromatic heterocycles. The van der Waals surface area contributed by atoms with Gasteiger partial charge < -0.3 is 9.73 Å². The third-order valence-corrected chi connectivity index (χ3v) is 4.58. The Bertz CT molecular complexity index is 621. The summed E-state index contributed by atoms with van der Waals surface area (Å²) < 4.78 is 19.1. The molecule has 23 heavy (non-hydrogen) atoms. The van der Waals surface area contributed by atoms with E-state index < -0.39 is 5.82 Å². The molecule has 1 N–H and O–H groups in total. The predicted octanol–water partition coefficient (Wildman–Crippen LogP) is 5.97. The Labute approximate surface area is 147 Å². The van der Waals surface area contributed by atoms with E-state index in [1.165, 1.54) is 44.6 Å². The first-order valence-electron chi connectivity index (χ1n) is 8.00. The van der Waals surface area contributed by atoms with E-state index in [0.29, 0.717) is 6.04 Å². The van der Waals surface area contributed by atoms with Crippen molar-refractivity contribution in [2.75, 3.05) is 0 Å². The summed E-state index contributed by atoms with van der Waals surface area (Å²) in [5, 5.41) is 3.70. The topological polar surface area (TPSA) is 25.2 Å². The first kappa shape index (κ1) is 18.3. The van der Waals surface area contributed by atoms with Gasteiger partial charge in [0.05, 0.1) is 11.6 Å². The van der Waals surface area contributed by atoms with Crippen molar-refractivity contribution < 1.29 is 8.81 Å². The Kier molecular flexibility index (Phi) is 6.94. The summed E-state index contributed by atoms with van der Waals surface area (Å²) in [4.78, 5) is 0. The smallest absolute Gasteiger partial charge is 0.141 e. The SMILES string of the molecule is Cl.Fc1ccc(-c2ccc(CNC3CCCCCC3)o2)cc1Cl. The van der Waals surface area contributed by atoms with Crippen LogP contribution in [0.1, 0.15) is 44.3 Å². The van der Waals surface area contributed by atoms with Gasteiger partial charge in [-0.05, 0) is 43.2 Å². The lowest BCUT2D eigenvalue weighted by atomic mass is 10.1. The van der Waals surface area contributed by atoms with E-state index in [0.717, 1.165) is 23.6 Å². The van der Waals surface area contributed by atoms with Crippen molar-refractivity contribution in [2.45, 2.75) is 51.1 Å². The highest BCUT2D eigenvalue weighted by Crippen LogP contribution is 2.26. The summed E-state index contributed by atoms with van der Waals surface area (Å²) in [7, 11) is 0. The zero-order valence-electron chi connectivity index (χ0n) is 13.0. The first-order valence-corrected chi connectivity index (χ1v) is 8.38. The molecule has 1 fully saturated rings. The van der Waals surface area contributed by atoms with E-state index in [2.05, 4.69) is 5.32 Å². The molecule has 1 heterocycles. The van der Waals surface area contributed by atoms with Gasteiger partial charge in [-0.2, -0.15) is 0 Å². The monoisotopic (exact) mass is 357 g/mol. The lowest BCUT2D eigenvalue weighted by Crippen LogP contribution is -2.27. The minimum atomic E-state index is -0.410. The second-order valence-corrected chi connectivity index (χ2v) is 6.37. The summed E-state index contributed by atoms with van der Waals surface area (Å²) in [5.74, 6) is 1.21. The van der Waals surface area contributed by atoms with Gasteiger partial charge >= 0.3 is 0 Å². The minimum absolute atomic E-state index is 0. The van der Waals surface area contributed by atoms with Crippen LogP contribution in [0.5, 0.6) is 0 Å². The summed E-state index contributed by atoms with van der Waals surface area (Å²) in [5.41, 5.74) is 0.798. The Hall–Kier alpha value is -1.03. The minimum Gasteiger partial charge on any atom is -0.460 e. The molecule has 0 unspecified atom stereocenters. The maximum atomic E-state index is 13.2. The van der Waals surface area contributed by atoms with Gasteiger partial charge in [0.1, 0.15) is 17.3 Å². The van der Waals surface area contributed by atoms with Crippen LogP contribution in [0.25, 0.3) is 11.3 Å². The van der Waals surface area contributed by atoms with Crippen LogP contribution in [-0.4, -0.2) is 6.04 Å². The lowest BCUT2D eigenvalue weighted by molar-refractivity contribution is 0.420. The summed E-state index contributed by atoms with van der Waals surface area (Å²) in [6.07, 6.45) is 7.84. The number of hydrogen-bond donors (Lipinski definition) is 1. The van der Waals surface area contributed by atoms with E-state index in [1.807, 2.05) is 12.1 Å². The quantitative estimate of drug-likeness (QED) is 0.681. The summed E-state index contributed by atoms with van der Waals surface area (Å²) in [6, 6.07) is 9.12. The molecule has 3 rings (SSSR count). The molecule has 5 heteroatoms. The molecule has 2 aromatic rings. The van der Waals surface area contributed by atoms with Crippen molar-refractivity contribution in [1.29, 1.82) is 0 Å². The van der Waals surface area contributed by atoms with Gasteiger partial charge in [-0.25, -0.2) is 4.39 Å². The molecule has 1 aromatic carbocycles. The Balaban J connectivity index is 0.00000192. The number of halogens is 3. The number of furan rings is 1. The van der Waals surface area contributed by atoms with E-state index in [1.54, 1.807) is 12.1 Å². The highest BCUT2D eigenvalue weighted by molar-refractivity contribution is 6.31. The fraction of sp³-hybridized carbons (Fsp3) is 0.444.